The zero-order valence-corrected chi connectivity index (χ0v) is 14.3. The maximum Gasteiger partial charge on any atom is 0.222 e. The third-order valence-electron chi connectivity index (χ3n) is 4.85. The molecule has 4 rings (SSSR count). The van der Waals surface area contributed by atoms with Crippen LogP contribution in [0.2, 0.25) is 0 Å². The van der Waals surface area contributed by atoms with Crippen molar-refractivity contribution in [3.63, 3.8) is 0 Å². The van der Waals surface area contributed by atoms with Crippen LogP contribution in [0, 0.1) is 5.92 Å². The zero-order chi connectivity index (χ0) is 16.9. The van der Waals surface area contributed by atoms with Crippen LogP contribution in [0.25, 0.3) is 0 Å². The van der Waals surface area contributed by atoms with E-state index in [0.29, 0.717) is 12.5 Å². The summed E-state index contributed by atoms with van der Waals surface area (Å²) in [5.41, 5.74) is 0. The number of anilines is 1. The Bertz CT molecular complexity index is 674. The van der Waals surface area contributed by atoms with Gasteiger partial charge in [-0.25, -0.2) is 9.97 Å². The van der Waals surface area contributed by atoms with Crippen molar-refractivity contribution >= 4 is 5.95 Å². The van der Waals surface area contributed by atoms with E-state index in [0.717, 1.165) is 43.6 Å². The molecule has 2 aliphatic rings. The molecule has 0 saturated carbocycles. The molecule has 3 heterocycles. The van der Waals surface area contributed by atoms with Crippen LogP contribution in [0.3, 0.4) is 0 Å². The number of nitrogens with zero attached hydrogens (tertiary/aromatic N) is 3. The third-order valence-corrected chi connectivity index (χ3v) is 4.85. The van der Waals surface area contributed by atoms with Crippen molar-refractivity contribution in [1.82, 2.24) is 14.9 Å². The lowest BCUT2D eigenvalue weighted by Gasteiger charge is -2.35. The predicted octanol–water partition coefficient (Wildman–Crippen LogP) is 2.44. The van der Waals surface area contributed by atoms with Gasteiger partial charge in [-0.15, -0.1) is 0 Å². The Morgan fingerprint density at radius 2 is 1.80 bits per heavy atom. The van der Waals surface area contributed by atoms with Crippen LogP contribution in [-0.4, -0.2) is 53.8 Å². The molecule has 0 amide bonds. The Balaban J connectivity index is 1.20. The molecule has 25 heavy (non-hydrogen) atoms. The average Bonchev–Trinajstić information content (AvgIpc) is 2.68. The molecule has 1 N–H and O–H groups in total. The summed E-state index contributed by atoms with van der Waals surface area (Å²) in [7, 11) is 0. The number of aromatic nitrogens is 2. The topological polar surface area (TPSA) is 59.5 Å². The summed E-state index contributed by atoms with van der Waals surface area (Å²) in [5, 5.41) is 3.34. The van der Waals surface area contributed by atoms with Gasteiger partial charge in [-0.2, -0.15) is 0 Å². The number of hydrogen-bond acceptors (Lipinski definition) is 6. The first kappa shape index (κ1) is 16.1. The lowest BCUT2D eigenvalue weighted by molar-refractivity contribution is 0.0485. The maximum absolute atomic E-state index is 6.07. The van der Waals surface area contributed by atoms with Crippen molar-refractivity contribution in [1.29, 1.82) is 0 Å². The zero-order valence-electron chi connectivity index (χ0n) is 14.3. The summed E-state index contributed by atoms with van der Waals surface area (Å²) in [5.74, 6) is 3.10. The third kappa shape index (κ3) is 4.20. The van der Waals surface area contributed by atoms with E-state index in [1.807, 2.05) is 30.3 Å². The van der Waals surface area contributed by atoms with Gasteiger partial charge in [-0.1, -0.05) is 12.1 Å². The molecule has 132 valence electrons. The first-order valence-corrected chi connectivity index (χ1v) is 8.98. The first-order chi connectivity index (χ1) is 12.4. The highest BCUT2D eigenvalue weighted by atomic mass is 16.6. The van der Waals surface area contributed by atoms with Crippen LogP contribution in [0.4, 0.5) is 5.95 Å². The van der Waals surface area contributed by atoms with Crippen molar-refractivity contribution in [2.75, 3.05) is 38.1 Å². The summed E-state index contributed by atoms with van der Waals surface area (Å²) in [4.78, 5) is 10.9. The lowest BCUT2D eigenvalue weighted by Crippen LogP contribution is -2.44. The normalized spacial score (nSPS) is 21.0. The molecule has 0 aliphatic carbocycles. The van der Waals surface area contributed by atoms with E-state index in [1.165, 1.54) is 12.8 Å². The predicted molar refractivity (Wildman–Crippen MR) is 96.0 cm³/mol. The lowest BCUT2D eigenvalue weighted by atomic mass is 9.96. The maximum atomic E-state index is 6.07. The Morgan fingerprint density at radius 1 is 1.04 bits per heavy atom. The summed E-state index contributed by atoms with van der Waals surface area (Å²) in [6.07, 6.45) is 6.01. The molecule has 1 saturated heterocycles. The number of nitrogens with one attached hydrogen (secondary N) is 1. The standard InChI is InChI=1S/C19H24N4O2/c1-2-5-18-17(4-1)24-14-16(25-18)13-23-10-6-15(7-11-23)12-22-19-20-8-3-9-21-19/h1-5,8-9,15-16H,6-7,10-14H2,(H,20,21,22)/t16-/m0/s1. The minimum atomic E-state index is 0.113. The van der Waals surface area contributed by atoms with Crippen LogP contribution >= 0.6 is 0 Å². The summed E-state index contributed by atoms with van der Waals surface area (Å²) in [6.45, 7) is 4.70. The molecular weight excluding hydrogens is 316 g/mol. The summed E-state index contributed by atoms with van der Waals surface area (Å²) in [6, 6.07) is 9.73. The van der Waals surface area contributed by atoms with E-state index >= 15 is 0 Å². The molecule has 1 aromatic carbocycles. The number of benzene rings is 1. The largest absolute Gasteiger partial charge is 0.486 e. The second-order valence-electron chi connectivity index (χ2n) is 6.69. The van der Waals surface area contributed by atoms with Gasteiger partial charge in [0.2, 0.25) is 5.95 Å². The Morgan fingerprint density at radius 3 is 2.60 bits per heavy atom. The molecule has 0 radical (unpaired) electrons. The number of para-hydroxylation sites is 2. The van der Waals surface area contributed by atoms with Gasteiger partial charge >= 0.3 is 0 Å². The Hall–Kier alpha value is -2.34. The highest BCUT2D eigenvalue weighted by Crippen LogP contribution is 2.31. The van der Waals surface area contributed by atoms with Gasteiger partial charge in [-0.05, 0) is 50.0 Å². The molecule has 1 fully saturated rings. The SMILES string of the molecule is c1cnc(NCC2CCN(C[C@H]3COc4ccccc4O3)CC2)nc1. The van der Waals surface area contributed by atoms with Crippen LogP contribution in [0.5, 0.6) is 11.5 Å². The monoisotopic (exact) mass is 340 g/mol. The van der Waals surface area contributed by atoms with Crippen LogP contribution < -0.4 is 14.8 Å². The summed E-state index contributed by atoms with van der Waals surface area (Å²) >= 11 is 0. The highest BCUT2D eigenvalue weighted by Gasteiger charge is 2.26. The number of ether oxygens (including phenoxy) is 2. The second-order valence-corrected chi connectivity index (χ2v) is 6.69. The smallest absolute Gasteiger partial charge is 0.222 e. The molecule has 6 nitrogen and oxygen atoms in total. The van der Waals surface area contributed by atoms with Gasteiger partial charge in [0.1, 0.15) is 12.7 Å². The number of rotatable bonds is 5. The van der Waals surface area contributed by atoms with E-state index in [4.69, 9.17) is 9.47 Å². The van der Waals surface area contributed by atoms with Crippen LogP contribution in [0.1, 0.15) is 12.8 Å². The van der Waals surface area contributed by atoms with Gasteiger partial charge in [0, 0.05) is 25.5 Å². The molecule has 0 unspecified atom stereocenters. The number of piperidine rings is 1. The minimum Gasteiger partial charge on any atom is -0.486 e. The van der Waals surface area contributed by atoms with Gasteiger partial charge < -0.3 is 14.8 Å². The highest BCUT2D eigenvalue weighted by molar-refractivity contribution is 5.40. The Kier molecular flexibility index (Phi) is 4.97. The average molecular weight is 340 g/mol. The first-order valence-electron chi connectivity index (χ1n) is 8.98. The van der Waals surface area contributed by atoms with E-state index < -0.39 is 0 Å². The molecular formula is C19H24N4O2. The quantitative estimate of drug-likeness (QED) is 0.902. The van der Waals surface area contributed by atoms with Crippen molar-refractivity contribution < 1.29 is 9.47 Å². The Labute approximate surface area is 148 Å². The van der Waals surface area contributed by atoms with Crippen LogP contribution in [0.15, 0.2) is 42.7 Å². The van der Waals surface area contributed by atoms with Gasteiger partial charge in [0.05, 0.1) is 0 Å². The van der Waals surface area contributed by atoms with E-state index in [-0.39, 0.29) is 6.10 Å². The molecule has 2 aromatic rings. The van der Waals surface area contributed by atoms with Crippen molar-refractivity contribution in [3.8, 4) is 11.5 Å². The van der Waals surface area contributed by atoms with Crippen molar-refractivity contribution in [2.45, 2.75) is 18.9 Å². The summed E-state index contributed by atoms with van der Waals surface area (Å²) < 4.78 is 11.9. The molecule has 1 atom stereocenters. The molecule has 0 bridgehead atoms. The fourth-order valence-electron chi connectivity index (χ4n) is 3.44. The van der Waals surface area contributed by atoms with Gasteiger partial charge in [0.25, 0.3) is 0 Å². The van der Waals surface area contributed by atoms with E-state index in [2.05, 4.69) is 20.2 Å². The second kappa shape index (κ2) is 7.70. The fourth-order valence-corrected chi connectivity index (χ4v) is 3.44. The molecule has 1 aromatic heterocycles. The number of fused-ring (bicyclic) bond motifs is 1. The molecule has 6 heteroatoms. The van der Waals surface area contributed by atoms with E-state index in [1.54, 1.807) is 12.4 Å². The minimum absolute atomic E-state index is 0.113. The van der Waals surface area contributed by atoms with Crippen LogP contribution in [-0.2, 0) is 0 Å². The van der Waals surface area contributed by atoms with Gasteiger partial charge in [-0.3, -0.25) is 4.90 Å². The van der Waals surface area contributed by atoms with Crippen molar-refractivity contribution in [3.05, 3.63) is 42.7 Å². The van der Waals surface area contributed by atoms with E-state index in [9.17, 15) is 0 Å². The number of likely N-dealkylation sites (tertiary alicyclic amines) is 1. The number of hydrogen-bond donors (Lipinski definition) is 1. The fraction of sp³-hybridized carbons (Fsp3) is 0.474. The van der Waals surface area contributed by atoms with Crippen molar-refractivity contribution in [2.24, 2.45) is 5.92 Å². The van der Waals surface area contributed by atoms with Gasteiger partial charge in [0.15, 0.2) is 11.5 Å². The molecule has 0 spiro atoms. The molecule has 2 aliphatic heterocycles.